The van der Waals surface area contributed by atoms with Crippen molar-refractivity contribution in [2.45, 2.75) is 0 Å². The van der Waals surface area contributed by atoms with E-state index >= 15 is 0 Å². The second kappa shape index (κ2) is 11.9. The van der Waals surface area contributed by atoms with Crippen molar-refractivity contribution in [1.82, 2.24) is 19.9 Å². The van der Waals surface area contributed by atoms with Gasteiger partial charge in [0.2, 0.25) is 0 Å². The Labute approximate surface area is 319 Å². The number of benzene rings is 8. The summed E-state index contributed by atoms with van der Waals surface area (Å²) in [5.41, 5.74) is 13.6. The molecule has 0 bridgehead atoms. The Morgan fingerprint density at radius 3 is 1.32 bits per heavy atom. The van der Waals surface area contributed by atoms with E-state index in [1.54, 1.807) is 0 Å². The lowest BCUT2D eigenvalue weighted by atomic mass is 9.90. The molecule has 0 fully saturated rings. The number of fused-ring (bicyclic) bond motifs is 12. The Morgan fingerprint density at radius 1 is 0.321 bits per heavy atom. The highest BCUT2D eigenvalue weighted by atomic mass is 16.3. The van der Waals surface area contributed by atoms with Gasteiger partial charge in [-0.25, -0.2) is 15.0 Å². The van der Waals surface area contributed by atoms with E-state index in [2.05, 4.69) is 97.1 Å². The molecule has 0 unspecified atom stereocenters. The molecule has 12 rings (SSSR count). The smallest absolute Gasteiger partial charge is 0.144 e. The van der Waals surface area contributed by atoms with Gasteiger partial charge in [-0.3, -0.25) is 4.98 Å². The summed E-state index contributed by atoms with van der Waals surface area (Å²) in [6, 6.07) is 54.1. The first-order chi connectivity index (χ1) is 27.8. The van der Waals surface area contributed by atoms with Crippen LogP contribution in [0.3, 0.4) is 0 Å². The number of para-hydroxylation sites is 4. The summed E-state index contributed by atoms with van der Waals surface area (Å²) >= 11 is 0. The molecule has 0 aliphatic heterocycles. The molecule has 0 saturated heterocycles. The van der Waals surface area contributed by atoms with Gasteiger partial charge in [0.1, 0.15) is 33.4 Å². The fourth-order valence-corrected chi connectivity index (χ4v) is 8.36. The molecule has 0 atom stereocenters. The van der Waals surface area contributed by atoms with Crippen molar-refractivity contribution < 1.29 is 8.83 Å². The number of hydrogen-bond acceptors (Lipinski definition) is 6. The zero-order chi connectivity index (χ0) is 36.7. The second-order valence-electron chi connectivity index (χ2n) is 14.1. The van der Waals surface area contributed by atoms with Crippen molar-refractivity contribution in [1.29, 1.82) is 0 Å². The maximum atomic E-state index is 6.47. The molecule has 8 aromatic carbocycles. The monoisotopic (exact) mass is 716 g/mol. The minimum atomic E-state index is 0.672. The van der Waals surface area contributed by atoms with Crippen LogP contribution in [0.1, 0.15) is 0 Å². The molecule has 6 nitrogen and oxygen atoms in total. The fraction of sp³-hybridized carbons (Fsp3) is 0. The van der Waals surface area contributed by atoms with Gasteiger partial charge in [-0.1, -0.05) is 121 Å². The molecule has 4 heterocycles. The highest BCUT2D eigenvalue weighted by molar-refractivity contribution is 6.23. The predicted molar refractivity (Wildman–Crippen MR) is 226 cm³/mol. The van der Waals surface area contributed by atoms with Crippen LogP contribution < -0.4 is 0 Å². The molecule has 0 N–H and O–H groups in total. The van der Waals surface area contributed by atoms with Gasteiger partial charge < -0.3 is 8.83 Å². The number of rotatable bonds is 4. The van der Waals surface area contributed by atoms with E-state index < -0.39 is 0 Å². The van der Waals surface area contributed by atoms with Crippen LogP contribution in [-0.2, 0) is 0 Å². The van der Waals surface area contributed by atoms with E-state index in [1.807, 2.05) is 73.1 Å². The normalized spacial score (nSPS) is 11.9. The molecule has 4 aromatic heterocycles. The fourth-order valence-electron chi connectivity index (χ4n) is 8.36. The Hall–Kier alpha value is -7.70. The van der Waals surface area contributed by atoms with Crippen molar-refractivity contribution in [3.8, 4) is 44.8 Å². The minimum absolute atomic E-state index is 0.672. The molecule has 0 amide bonds. The summed E-state index contributed by atoms with van der Waals surface area (Å²) in [4.78, 5) is 21.2. The summed E-state index contributed by atoms with van der Waals surface area (Å²) < 4.78 is 12.9. The molecule has 12 aromatic rings. The van der Waals surface area contributed by atoms with Crippen LogP contribution in [0, 0.1) is 0 Å². The third-order valence-corrected chi connectivity index (χ3v) is 11.0. The third-order valence-electron chi connectivity index (χ3n) is 11.0. The SMILES string of the molecule is c1ccc(-c2cc3c(cc2-c2ccccc2)c2ncc(-c4cccc5c4oc4ccccc45)nc2c2ncc(-c4cccc5c4oc4ccccc45)nc32)cc1. The lowest BCUT2D eigenvalue weighted by molar-refractivity contribution is 0.669. The van der Waals surface area contributed by atoms with Crippen molar-refractivity contribution in [3.05, 3.63) is 170 Å². The number of nitrogens with zero attached hydrogens (tertiary/aromatic N) is 4. The van der Waals surface area contributed by atoms with Crippen LogP contribution in [0.15, 0.2) is 179 Å². The highest BCUT2D eigenvalue weighted by Crippen LogP contribution is 2.43. The summed E-state index contributed by atoms with van der Waals surface area (Å²) in [6.45, 7) is 0. The topological polar surface area (TPSA) is 77.8 Å². The largest absolute Gasteiger partial charge is 0.455 e. The Bertz CT molecular complexity index is 3540. The van der Waals surface area contributed by atoms with Crippen LogP contribution >= 0.6 is 0 Å². The Balaban J connectivity index is 1.18. The zero-order valence-electron chi connectivity index (χ0n) is 29.8. The van der Waals surface area contributed by atoms with Crippen LogP contribution in [0.2, 0.25) is 0 Å². The lowest BCUT2D eigenvalue weighted by Gasteiger charge is -2.16. The van der Waals surface area contributed by atoms with Crippen molar-refractivity contribution >= 4 is 76.7 Å². The van der Waals surface area contributed by atoms with Crippen LogP contribution in [0.4, 0.5) is 0 Å². The maximum absolute atomic E-state index is 6.47. The molecule has 0 radical (unpaired) electrons. The Kier molecular flexibility index (Phi) is 6.53. The van der Waals surface area contributed by atoms with E-state index in [9.17, 15) is 0 Å². The van der Waals surface area contributed by atoms with Crippen molar-refractivity contribution in [2.24, 2.45) is 0 Å². The van der Waals surface area contributed by atoms with Crippen LogP contribution in [-0.4, -0.2) is 19.9 Å². The first-order valence-corrected chi connectivity index (χ1v) is 18.6. The standard InChI is InChI=1S/C50H28N4O2/c1-3-13-29(14-4-1)37-25-39-40(26-38(37)30-15-5-2-6-16-30)46-47(52-28-41(53-46)35-21-11-19-33-31-17-7-9-23-43(31)55-49(33)35)48-45(39)51-27-42(54-48)36-22-12-20-34-32-18-8-10-24-44(32)56-50(34)36/h1-28H. The minimum Gasteiger partial charge on any atom is -0.455 e. The molecule has 260 valence electrons. The summed E-state index contributed by atoms with van der Waals surface area (Å²) in [7, 11) is 0. The Morgan fingerprint density at radius 2 is 0.768 bits per heavy atom. The van der Waals surface area contributed by atoms with Gasteiger partial charge in [-0.15, -0.1) is 0 Å². The molecule has 6 heteroatoms. The van der Waals surface area contributed by atoms with Crippen molar-refractivity contribution in [2.75, 3.05) is 0 Å². The van der Waals surface area contributed by atoms with E-state index in [0.29, 0.717) is 22.4 Å². The second-order valence-corrected chi connectivity index (χ2v) is 14.1. The quantitative estimate of drug-likeness (QED) is 0.169. The third kappa shape index (κ3) is 4.56. The average molecular weight is 717 g/mol. The van der Waals surface area contributed by atoms with Gasteiger partial charge in [-0.05, 0) is 58.7 Å². The van der Waals surface area contributed by atoms with Gasteiger partial charge in [0, 0.05) is 43.4 Å². The van der Waals surface area contributed by atoms with E-state index in [4.69, 9.17) is 28.8 Å². The molecule has 0 aliphatic rings. The number of furan rings is 2. The average Bonchev–Trinajstić information content (AvgIpc) is 3.85. The van der Waals surface area contributed by atoms with E-state index in [-0.39, 0.29) is 0 Å². The van der Waals surface area contributed by atoms with Crippen LogP contribution in [0.25, 0.3) is 121 Å². The summed E-state index contributed by atoms with van der Waals surface area (Å²) in [5.74, 6) is 0. The molecule has 0 spiro atoms. The van der Waals surface area contributed by atoms with Gasteiger partial charge in [0.05, 0.1) is 34.8 Å². The summed E-state index contributed by atoms with van der Waals surface area (Å²) in [6.07, 6.45) is 3.69. The zero-order valence-corrected chi connectivity index (χ0v) is 29.8. The molecule has 0 saturated carbocycles. The number of aromatic nitrogens is 4. The number of hydrogen-bond donors (Lipinski definition) is 0. The van der Waals surface area contributed by atoms with Crippen molar-refractivity contribution in [3.63, 3.8) is 0 Å². The van der Waals surface area contributed by atoms with Gasteiger partial charge in [-0.2, -0.15) is 0 Å². The van der Waals surface area contributed by atoms with Gasteiger partial charge in [0.15, 0.2) is 0 Å². The first-order valence-electron chi connectivity index (χ1n) is 18.6. The van der Waals surface area contributed by atoms with E-state index in [1.165, 1.54) is 0 Å². The first kappa shape index (κ1) is 30.7. The highest BCUT2D eigenvalue weighted by Gasteiger charge is 2.22. The lowest BCUT2D eigenvalue weighted by Crippen LogP contribution is -1.98. The van der Waals surface area contributed by atoms with E-state index in [0.717, 1.165) is 99.1 Å². The molecular weight excluding hydrogens is 689 g/mol. The molecular formula is C50H28N4O2. The molecule has 0 aliphatic carbocycles. The summed E-state index contributed by atoms with van der Waals surface area (Å²) in [5, 5.41) is 6.10. The van der Waals surface area contributed by atoms with Crippen LogP contribution in [0.5, 0.6) is 0 Å². The predicted octanol–water partition coefficient (Wildman–Crippen LogP) is 13.2. The molecule has 56 heavy (non-hydrogen) atoms. The van der Waals surface area contributed by atoms with Gasteiger partial charge >= 0.3 is 0 Å². The van der Waals surface area contributed by atoms with Gasteiger partial charge in [0.25, 0.3) is 0 Å². The maximum Gasteiger partial charge on any atom is 0.144 e.